The first-order valence-corrected chi connectivity index (χ1v) is 6.26. The Bertz CT molecular complexity index is 355. The quantitative estimate of drug-likeness (QED) is 0.659. The van der Waals surface area contributed by atoms with Gasteiger partial charge in [0.2, 0.25) is 5.91 Å². The number of carbonyl (C=O) groups excluding carboxylic acids is 1. The molecule has 0 aliphatic heterocycles. The van der Waals surface area contributed by atoms with Crippen LogP contribution in [0.3, 0.4) is 0 Å². The first-order valence-electron chi connectivity index (χ1n) is 6.26. The smallest absolute Gasteiger partial charge is 0.240 e. The molecule has 0 aromatic carbocycles. The maximum atomic E-state index is 11.9. The third-order valence-electron chi connectivity index (χ3n) is 3.38. The van der Waals surface area contributed by atoms with Gasteiger partial charge in [-0.2, -0.15) is 0 Å². The third-order valence-corrected chi connectivity index (χ3v) is 3.38. The summed E-state index contributed by atoms with van der Waals surface area (Å²) >= 11 is 0. The van der Waals surface area contributed by atoms with Gasteiger partial charge in [-0.3, -0.25) is 4.79 Å². The molecule has 5 nitrogen and oxygen atoms in total. The fourth-order valence-electron chi connectivity index (χ4n) is 2.30. The van der Waals surface area contributed by atoms with Gasteiger partial charge in [-0.25, -0.2) is 4.98 Å². The van der Waals surface area contributed by atoms with Crippen molar-refractivity contribution in [2.45, 2.75) is 44.1 Å². The van der Waals surface area contributed by atoms with E-state index in [1.165, 1.54) is 0 Å². The molecule has 1 heterocycles. The molecule has 1 aliphatic rings. The Hall–Kier alpha value is -1.36. The fraction of sp³-hybridized carbons (Fsp3) is 0.667. The van der Waals surface area contributed by atoms with Gasteiger partial charge in [-0.15, -0.1) is 0 Å². The van der Waals surface area contributed by atoms with Gasteiger partial charge in [0, 0.05) is 25.4 Å². The molecule has 4 N–H and O–H groups in total. The van der Waals surface area contributed by atoms with Crippen molar-refractivity contribution in [2.75, 3.05) is 6.54 Å². The zero-order valence-electron chi connectivity index (χ0n) is 10.0. The number of amides is 1. The van der Waals surface area contributed by atoms with E-state index in [2.05, 4.69) is 15.3 Å². The van der Waals surface area contributed by atoms with Crippen molar-refractivity contribution >= 4 is 5.91 Å². The van der Waals surface area contributed by atoms with Crippen LogP contribution in [0.2, 0.25) is 0 Å². The predicted molar refractivity (Wildman–Crippen MR) is 65.3 cm³/mol. The first kappa shape index (κ1) is 12.1. The van der Waals surface area contributed by atoms with E-state index in [-0.39, 0.29) is 5.91 Å². The monoisotopic (exact) mass is 236 g/mol. The number of rotatable bonds is 5. The van der Waals surface area contributed by atoms with E-state index in [9.17, 15) is 4.79 Å². The highest BCUT2D eigenvalue weighted by Gasteiger charge is 2.36. The zero-order valence-corrected chi connectivity index (χ0v) is 10.0. The summed E-state index contributed by atoms with van der Waals surface area (Å²) in [5, 5.41) is 2.92. The number of hydrogen-bond donors (Lipinski definition) is 3. The Morgan fingerprint density at radius 3 is 2.94 bits per heavy atom. The summed E-state index contributed by atoms with van der Waals surface area (Å²) in [5.41, 5.74) is 5.44. The molecule has 2 rings (SSSR count). The van der Waals surface area contributed by atoms with Gasteiger partial charge in [0.25, 0.3) is 0 Å². The molecule has 1 saturated carbocycles. The zero-order chi connectivity index (χ0) is 12.1. The lowest BCUT2D eigenvalue weighted by molar-refractivity contribution is -0.126. The topological polar surface area (TPSA) is 83.8 Å². The van der Waals surface area contributed by atoms with Crippen molar-refractivity contribution in [3.63, 3.8) is 0 Å². The van der Waals surface area contributed by atoms with Crippen LogP contribution >= 0.6 is 0 Å². The van der Waals surface area contributed by atoms with Crippen molar-refractivity contribution in [1.29, 1.82) is 0 Å². The normalized spacial score (nSPS) is 18.2. The van der Waals surface area contributed by atoms with E-state index in [4.69, 9.17) is 5.73 Å². The average Bonchev–Trinajstić information content (AvgIpc) is 2.96. The van der Waals surface area contributed by atoms with E-state index in [0.717, 1.165) is 44.3 Å². The van der Waals surface area contributed by atoms with Gasteiger partial charge in [-0.1, -0.05) is 12.8 Å². The number of aryl methyl sites for hydroxylation is 1. The van der Waals surface area contributed by atoms with Crippen LogP contribution in [0.5, 0.6) is 0 Å². The number of H-pyrrole nitrogens is 1. The highest BCUT2D eigenvalue weighted by atomic mass is 16.2. The summed E-state index contributed by atoms with van der Waals surface area (Å²) in [6.07, 6.45) is 9.05. The van der Waals surface area contributed by atoms with Gasteiger partial charge < -0.3 is 16.0 Å². The number of nitrogens with one attached hydrogen (secondary N) is 2. The predicted octanol–water partition coefficient (Wildman–Crippen LogP) is 0.730. The highest BCUT2D eigenvalue weighted by Crippen LogP contribution is 2.27. The molecule has 1 amide bonds. The first-order chi connectivity index (χ1) is 8.21. The summed E-state index contributed by atoms with van der Waals surface area (Å²) in [5.74, 6) is 0.969. The Balaban J connectivity index is 1.66. The molecule has 0 bridgehead atoms. The lowest BCUT2D eigenvalue weighted by Gasteiger charge is -2.22. The van der Waals surface area contributed by atoms with Crippen LogP contribution in [0.25, 0.3) is 0 Å². The summed E-state index contributed by atoms with van der Waals surface area (Å²) in [6.45, 7) is 0.665. The Kier molecular flexibility index (Phi) is 3.78. The summed E-state index contributed by atoms with van der Waals surface area (Å²) < 4.78 is 0. The summed E-state index contributed by atoms with van der Waals surface area (Å²) in [6, 6.07) is 0. The number of nitrogens with two attached hydrogens (primary N) is 1. The minimum Gasteiger partial charge on any atom is -0.354 e. The Morgan fingerprint density at radius 1 is 1.53 bits per heavy atom. The SMILES string of the molecule is NC1(C(=O)NCCCc2ncc[nH]2)CCCC1. The third kappa shape index (κ3) is 3.06. The molecular formula is C12H20N4O. The van der Waals surface area contributed by atoms with Crippen molar-refractivity contribution in [3.05, 3.63) is 18.2 Å². The van der Waals surface area contributed by atoms with Gasteiger partial charge in [-0.05, 0) is 19.3 Å². The molecular weight excluding hydrogens is 216 g/mol. The molecule has 0 spiro atoms. The number of carbonyl (C=O) groups is 1. The van der Waals surface area contributed by atoms with Gasteiger partial charge in [0.15, 0.2) is 0 Å². The summed E-state index contributed by atoms with van der Waals surface area (Å²) in [4.78, 5) is 19.0. The maximum absolute atomic E-state index is 11.9. The van der Waals surface area contributed by atoms with E-state index in [0.29, 0.717) is 6.54 Å². The number of hydrogen-bond acceptors (Lipinski definition) is 3. The van der Waals surface area contributed by atoms with Crippen LogP contribution < -0.4 is 11.1 Å². The van der Waals surface area contributed by atoms with Gasteiger partial charge in [0.1, 0.15) is 5.82 Å². The van der Waals surface area contributed by atoms with E-state index in [1.54, 1.807) is 12.4 Å². The standard InChI is InChI=1S/C12H20N4O/c13-12(5-1-2-6-12)11(17)16-7-3-4-10-14-8-9-15-10/h8-9H,1-7,13H2,(H,14,15)(H,16,17). The fourth-order valence-corrected chi connectivity index (χ4v) is 2.30. The molecule has 1 aromatic heterocycles. The van der Waals surface area contributed by atoms with Crippen LogP contribution in [-0.4, -0.2) is 28.0 Å². The minimum atomic E-state index is -0.606. The van der Waals surface area contributed by atoms with Crippen molar-refractivity contribution in [3.8, 4) is 0 Å². The summed E-state index contributed by atoms with van der Waals surface area (Å²) in [7, 11) is 0. The second-order valence-corrected chi connectivity index (χ2v) is 4.76. The molecule has 1 fully saturated rings. The molecule has 1 aliphatic carbocycles. The van der Waals surface area contributed by atoms with Gasteiger partial charge in [0.05, 0.1) is 5.54 Å². The Morgan fingerprint density at radius 2 is 2.29 bits per heavy atom. The lowest BCUT2D eigenvalue weighted by Crippen LogP contribution is -2.52. The van der Waals surface area contributed by atoms with Crippen LogP contribution in [-0.2, 0) is 11.2 Å². The maximum Gasteiger partial charge on any atom is 0.240 e. The van der Waals surface area contributed by atoms with E-state index >= 15 is 0 Å². The molecule has 1 aromatic rings. The van der Waals surface area contributed by atoms with Crippen molar-refractivity contribution in [1.82, 2.24) is 15.3 Å². The second-order valence-electron chi connectivity index (χ2n) is 4.76. The highest BCUT2D eigenvalue weighted by molar-refractivity contribution is 5.86. The molecule has 94 valence electrons. The molecule has 0 saturated heterocycles. The molecule has 0 radical (unpaired) electrons. The van der Waals surface area contributed by atoms with Crippen LogP contribution in [0.15, 0.2) is 12.4 Å². The minimum absolute atomic E-state index is 0.00875. The molecule has 17 heavy (non-hydrogen) atoms. The second kappa shape index (κ2) is 5.31. The van der Waals surface area contributed by atoms with Crippen LogP contribution in [0.1, 0.15) is 37.9 Å². The number of aromatic amines is 1. The largest absolute Gasteiger partial charge is 0.354 e. The molecule has 0 unspecified atom stereocenters. The number of aromatic nitrogens is 2. The molecule has 5 heteroatoms. The molecule has 0 atom stereocenters. The van der Waals surface area contributed by atoms with E-state index < -0.39 is 5.54 Å². The number of nitrogens with zero attached hydrogens (tertiary/aromatic N) is 1. The van der Waals surface area contributed by atoms with Crippen LogP contribution in [0.4, 0.5) is 0 Å². The Labute approximate surface area is 101 Å². The van der Waals surface area contributed by atoms with Crippen molar-refractivity contribution < 1.29 is 4.79 Å². The average molecular weight is 236 g/mol. The number of imidazole rings is 1. The van der Waals surface area contributed by atoms with Crippen molar-refractivity contribution in [2.24, 2.45) is 5.73 Å². The van der Waals surface area contributed by atoms with Gasteiger partial charge >= 0.3 is 0 Å². The van der Waals surface area contributed by atoms with E-state index in [1.807, 2.05) is 0 Å². The van der Waals surface area contributed by atoms with Crippen LogP contribution in [0, 0.1) is 0 Å². The lowest BCUT2D eigenvalue weighted by atomic mass is 9.98.